The third kappa shape index (κ3) is 5.34. The van der Waals surface area contributed by atoms with Gasteiger partial charge in [0.2, 0.25) is 5.88 Å². The minimum Gasteiger partial charge on any atom is -0.444 e. The van der Waals surface area contributed by atoms with Gasteiger partial charge in [-0.05, 0) is 48.0 Å². The van der Waals surface area contributed by atoms with Crippen molar-refractivity contribution in [3.05, 3.63) is 11.3 Å². The molecule has 8 nitrogen and oxygen atoms in total. The zero-order valence-electron chi connectivity index (χ0n) is 17.3. The molecule has 0 fully saturated rings. The molecule has 0 saturated carbocycles. The second-order valence-electron chi connectivity index (χ2n) is 8.76. The summed E-state index contributed by atoms with van der Waals surface area (Å²) in [7, 11) is -5.87. The summed E-state index contributed by atoms with van der Waals surface area (Å²) < 4.78 is 72.9. The van der Waals surface area contributed by atoms with Crippen LogP contribution in [0.25, 0.3) is 0 Å². The van der Waals surface area contributed by atoms with Crippen molar-refractivity contribution in [1.82, 2.24) is 14.7 Å². The first-order valence-electron chi connectivity index (χ1n) is 9.02. The lowest BCUT2D eigenvalue weighted by Crippen LogP contribution is -2.38. The Labute approximate surface area is 168 Å². The Bertz CT molecular complexity index is 880. The third-order valence-corrected chi connectivity index (χ3v) is 4.97. The van der Waals surface area contributed by atoms with E-state index in [-0.39, 0.29) is 31.5 Å². The van der Waals surface area contributed by atoms with E-state index in [1.807, 2.05) is 0 Å². The number of hydrogen-bond donors (Lipinski definition) is 0. The first kappa shape index (κ1) is 23.3. The maximum Gasteiger partial charge on any atom is 0.534 e. The molecule has 1 aromatic heterocycles. The lowest BCUT2D eigenvalue weighted by molar-refractivity contribution is -0.0504. The van der Waals surface area contributed by atoms with E-state index in [0.717, 1.165) is 4.68 Å². The number of amides is 1. The molecule has 1 aliphatic heterocycles. The number of alkyl halides is 3. The van der Waals surface area contributed by atoms with Gasteiger partial charge in [0.25, 0.3) is 0 Å². The molecule has 0 N–H and O–H groups in total. The molecular formula is C17H26F3N3O5S. The number of halogens is 3. The number of ether oxygens (including phenoxy) is 1. The van der Waals surface area contributed by atoms with Gasteiger partial charge in [0, 0.05) is 25.1 Å². The zero-order valence-corrected chi connectivity index (χ0v) is 18.1. The monoisotopic (exact) mass is 441 g/mol. The van der Waals surface area contributed by atoms with Crippen LogP contribution in [0.3, 0.4) is 0 Å². The van der Waals surface area contributed by atoms with Crippen molar-refractivity contribution in [1.29, 1.82) is 0 Å². The molecule has 1 amide bonds. The van der Waals surface area contributed by atoms with Crippen molar-refractivity contribution in [2.45, 2.75) is 71.0 Å². The number of rotatable bonds is 2. The number of hydrogen-bond acceptors (Lipinski definition) is 6. The quantitative estimate of drug-likeness (QED) is 0.517. The summed E-state index contributed by atoms with van der Waals surface area (Å²) in [5.74, 6) is -0.476. The summed E-state index contributed by atoms with van der Waals surface area (Å²) in [6.07, 6.45) is -0.260. The highest BCUT2D eigenvalue weighted by Crippen LogP contribution is 2.35. The fraction of sp³-hybridized carbons (Fsp3) is 0.765. The summed E-state index contributed by atoms with van der Waals surface area (Å²) >= 11 is 0. The van der Waals surface area contributed by atoms with Gasteiger partial charge in [0.05, 0.1) is 11.2 Å². The topological polar surface area (TPSA) is 90.7 Å². The summed E-state index contributed by atoms with van der Waals surface area (Å²) in [5, 5.41) is 4.30. The van der Waals surface area contributed by atoms with E-state index in [2.05, 4.69) is 9.28 Å². The van der Waals surface area contributed by atoms with Gasteiger partial charge >= 0.3 is 21.7 Å². The Hall–Kier alpha value is -1.98. The molecule has 0 aliphatic carbocycles. The van der Waals surface area contributed by atoms with Crippen LogP contribution < -0.4 is 4.18 Å². The van der Waals surface area contributed by atoms with E-state index in [1.54, 1.807) is 41.5 Å². The highest BCUT2D eigenvalue weighted by Gasteiger charge is 2.50. The van der Waals surface area contributed by atoms with Crippen molar-refractivity contribution in [3.63, 3.8) is 0 Å². The highest BCUT2D eigenvalue weighted by molar-refractivity contribution is 7.87. The molecule has 0 spiro atoms. The number of nitrogens with zero attached hydrogens (tertiary/aromatic N) is 3. The van der Waals surface area contributed by atoms with Crippen LogP contribution >= 0.6 is 0 Å². The van der Waals surface area contributed by atoms with E-state index in [9.17, 15) is 26.4 Å². The number of aromatic nitrogens is 2. The van der Waals surface area contributed by atoms with Crippen molar-refractivity contribution in [2.75, 3.05) is 13.1 Å². The summed E-state index contributed by atoms with van der Waals surface area (Å²) in [6.45, 7) is 10.5. The Kier molecular flexibility index (Phi) is 5.92. The van der Waals surface area contributed by atoms with E-state index in [1.165, 1.54) is 4.90 Å². The average molecular weight is 441 g/mol. The molecule has 0 saturated heterocycles. The first-order valence-corrected chi connectivity index (χ1v) is 10.4. The van der Waals surface area contributed by atoms with Gasteiger partial charge in [0.1, 0.15) is 5.60 Å². The maximum atomic E-state index is 12.9. The largest absolute Gasteiger partial charge is 0.534 e. The van der Waals surface area contributed by atoms with Gasteiger partial charge in [-0.2, -0.15) is 26.7 Å². The van der Waals surface area contributed by atoms with Crippen LogP contribution in [0.2, 0.25) is 0 Å². The molecule has 29 heavy (non-hydrogen) atoms. The molecule has 1 aliphatic rings. The normalized spacial score (nSPS) is 16.2. The van der Waals surface area contributed by atoms with E-state index in [4.69, 9.17) is 4.74 Å². The van der Waals surface area contributed by atoms with Crippen LogP contribution in [0, 0.1) is 0 Å². The second kappa shape index (κ2) is 7.37. The fourth-order valence-corrected chi connectivity index (χ4v) is 3.20. The molecule has 0 aromatic carbocycles. The Morgan fingerprint density at radius 1 is 1.03 bits per heavy atom. The van der Waals surface area contributed by atoms with Gasteiger partial charge in [-0.3, -0.25) is 0 Å². The molecule has 0 unspecified atom stereocenters. The van der Waals surface area contributed by atoms with Gasteiger partial charge in [-0.15, -0.1) is 0 Å². The van der Waals surface area contributed by atoms with E-state index in [0.29, 0.717) is 5.69 Å². The molecule has 2 rings (SSSR count). The molecular weight excluding hydrogens is 415 g/mol. The van der Waals surface area contributed by atoms with Crippen LogP contribution in [0.1, 0.15) is 52.8 Å². The van der Waals surface area contributed by atoms with E-state index < -0.39 is 38.7 Å². The van der Waals surface area contributed by atoms with Gasteiger partial charge in [-0.1, -0.05) is 0 Å². The predicted molar refractivity (Wildman–Crippen MR) is 98.0 cm³/mol. The molecule has 1 aromatic rings. The van der Waals surface area contributed by atoms with Crippen molar-refractivity contribution in [2.24, 2.45) is 0 Å². The molecule has 12 heteroatoms. The second-order valence-corrected chi connectivity index (χ2v) is 10.3. The van der Waals surface area contributed by atoms with Crippen LogP contribution in [-0.2, 0) is 33.2 Å². The number of carbonyl (C=O) groups excluding carboxylic acids is 1. The van der Waals surface area contributed by atoms with Crippen LogP contribution in [0.4, 0.5) is 18.0 Å². The Morgan fingerprint density at radius 2 is 1.59 bits per heavy atom. The van der Waals surface area contributed by atoms with Gasteiger partial charge in [0.15, 0.2) is 0 Å². The van der Waals surface area contributed by atoms with Crippen molar-refractivity contribution in [3.8, 4) is 5.88 Å². The van der Waals surface area contributed by atoms with E-state index >= 15 is 0 Å². The molecule has 166 valence electrons. The Morgan fingerprint density at radius 3 is 2.07 bits per heavy atom. The van der Waals surface area contributed by atoms with Gasteiger partial charge < -0.3 is 13.8 Å². The number of fused-ring (bicyclic) bond motifs is 1. The number of carbonyl (C=O) groups is 1. The maximum absolute atomic E-state index is 12.9. The molecule has 2 heterocycles. The minimum atomic E-state index is -5.87. The summed E-state index contributed by atoms with van der Waals surface area (Å²) in [4.78, 5) is 13.7. The van der Waals surface area contributed by atoms with Crippen molar-refractivity contribution < 1.29 is 35.3 Å². The average Bonchev–Trinajstić information content (AvgIpc) is 2.69. The van der Waals surface area contributed by atoms with Crippen LogP contribution in [-0.4, -0.2) is 53.4 Å². The molecule has 0 bridgehead atoms. The first-order chi connectivity index (χ1) is 12.9. The summed E-state index contributed by atoms with van der Waals surface area (Å²) in [5.41, 5.74) is -6.47. The smallest absolute Gasteiger partial charge is 0.444 e. The van der Waals surface area contributed by atoms with Crippen LogP contribution in [0.15, 0.2) is 0 Å². The SMILES string of the molecule is CC(C)(C)OC(=O)N1CCc2nn(C(C)(C)C)c(OS(=O)(=O)C(F)(F)F)c2CC1. The highest BCUT2D eigenvalue weighted by atomic mass is 32.2. The summed E-state index contributed by atoms with van der Waals surface area (Å²) in [6, 6.07) is 0. The van der Waals surface area contributed by atoms with Gasteiger partial charge in [-0.25, -0.2) is 9.48 Å². The molecule has 0 atom stereocenters. The zero-order chi connectivity index (χ0) is 22.4. The van der Waals surface area contributed by atoms with Crippen LogP contribution in [0.5, 0.6) is 5.88 Å². The minimum absolute atomic E-state index is 0.0768. The third-order valence-electron chi connectivity index (χ3n) is 4.03. The fourth-order valence-electron chi connectivity index (χ4n) is 2.73. The molecule has 0 radical (unpaired) electrons. The predicted octanol–water partition coefficient (Wildman–Crippen LogP) is 3.20. The lowest BCUT2D eigenvalue weighted by atomic mass is 10.1. The standard InChI is InChI=1S/C17H26F3N3O5S/c1-15(2,3)23-13(28-29(25,26)17(18,19)20)11-7-9-22(10-8-12(11)21-23)14(24)27-16(4,5)6/h7-10H2,1-6H3. The lowest BCUT2D eigenvalue weighted by Gasteiger charge is -2.26. The van der Waals surface area contributed by atoms with Crippen molar-refractivity contribution >= 4 is 16.2 Å². The Balaban J connectivity index is 2.39.